The molecule has 0 saturated carbocycles. The number of hydrogen-bond donors (Lipinski definition) is 1. The van der Waals surface area contributed by atoms with Crippen LogP contribution in [0.15, 0.2) is 40.2 Å². The fourth-order valence-electron chi connectivity index (χ4n) is 1.83. The molecule has 0 amide bonds. The van der Waals surface area contributed by atoms with Crippen molar-refractivity contribution < 1.29 is 0 Å². The first-order valence-electron chi connectivity index (χ1n) is 5.79. The van der Waals surface area contributed by atoms with Gasteiger partial charge in [-0.05, 0) is 47.0 Å². The van der Waals surface area contributed by atoms with E-state index in [0.717, 1.165) is 10.9 Å². The number of benzene rings is 1. The molecule has 3 heteroatoms. The molecule has 1 heterocycles. The van der Waals surface area contributed by atoms with Crippen LogP contribution in [0.4, 0.5) is 5.69 Å². The molecular formula is C14H16BrNS. The Kier molecular flexibility index (Phi) is 4.24. The standard InChI is InChI=1S/C14H16BrNS/c1-3-11-6-4-5-7-13(11)16-10(2)14-8-12(15)9-17-14/h4-10,16H,3H2,1-2H3. The summed E-state index contributed by atoms with van der Waals surface area (Å²) in [6.45, 7) is 4.39. The van der Waals surface area contributed by atoms with Gasteiger partial charge in [0.05, 0.1) is 6.04 Å². The maximum Gasteiger partial charge on any atom is 0.0578 e. The second-order valence-corrected chi connectivity index (χ2v) is 5.90. The third-order valence-electron chi connectivity index (χ3n) is 2.78. The highest BCUT2D eigenvalue weighted by molar-refractivity contribution is 9.10. The van der Waals surface area contributed by atoms with Crippen LogP contribution in [0.3, 0.4) is 0 Å². The Balaban J connectivity index is 2.15. The smallest absolute Gasteiger partial charge is 0.0578 e. The third-order valence-corrected chi connectivity index (χ3v) is 4.66. The Morgan fingerprint density at radius 2 is 2.12 bits per heavy atom. The van der Waals surface area contributed by atoms with E-state index in [-0.39, 0.29) is 0 Å². The number of halogens is 1. The fraction of sp³-hybridized carbons (Fsp3) is 0.286. The van der Waals surface area contributed by atoms with Crippen molar-refractivity contribution in [3.05, 3.63) is 50.6 Å². The van der Waals surface area contributed by atoms with Crippen LogP contribution in [-0.2, 0) is 6.42 Å². The molecule has 1 unspecified atom stereocenters. The van der Waals surface area contributed by atoms with Crippen LogP contribution in [0.2, 0.25) is 0 Å². The van der Waals surface area contributed by atoms with E-state index >= 15 is 0 Å². The lowest BCUT2D eigenvalue weighted by molar-refractivity contribution is 0.901. The van der Waals surface area contributed by atoms with E-state index in [1.807, 2.05) is 0 Å². The van der Waals surface area contributed by atoms with Gasteiger partial charge in [0.25, 0.3) is 0 Å². The summed E-state index contributed by atoms with van der Waals surface area (Å²) in [7, 11) is 0. The van der Waals surface area contributed by atoms with Crippen molar-refractivity contribution in [1.29, 1.82) is 0 Å². The van der Waals surface area contributed by atoms with Crippen LogP contribution in [0.1, 0.15) is 30.3 Å². The number of nitrogens with one attached hydrogen (secondary N) is 1. The molecule has 0 spiro atoms. The highest BCUT2D eigenvalue weighted by atomic mass is 79.9. The Labute approximate surface area is 115 Å². The second-order valence-electron chi connectivity index (χ2n) is 4.04. The highest BCUT2D eigenvalue weighted by Gasteiger charge is 2.09. The molecule has 2 aromatic rings. The Morgan fingerprint density at radius 1 is 1.35 bits per heavy atom. The van der Waals surface area contributed by atoms with Gasteiger partial charge in [-0.1, -0.05) is 25.1 Å². The predicted octanol–water partition coefficient (Wildman–Crippen LogP) is 5.25. The van der Waals surface area contributed by atoms with Gasteiger partial charge in [0.2, 0.25) is 0 Å². The minimum atomic E-state index is 0.346. The summed E-state index contributed by atoms with van der Waals surface area (Å²) >= 11 is 5.28. The average molecular weight is 310 g/mol. The monoisotopic (exact) mass is 309 g/mol. The SMILES string of the molecule is CCc1ccccc1NC(C)c1cc(Br)cs1. The molecule has 0 aliphatic carbocycles. The summed E-state index contributed by atoms with van der Waals surface area (Å²) in [5.41, 5.74) is 2.61. The van der Waals surface area contributed by atoms with Crippen LogP contribution < -0.4 is 5.32 Å². The molecule has 1 aromatic heterocycles. The molecular weight excluding hydrogens is 294 g/mol. The zero-order valence-corrected chi connectivity index (χ0v) is 12.4. The molecule has 17 heavy (non-hydrogen) atoms. The van der Waals surface area contributed by atoms with E-state index in [2.05, 4.69) is 70.8 Å². The summed E-state index contributed by atoms with van der Waals surface area (Å²) in [5, 5.41) is 5.70. The number of thiophene rings is 1. The van der Waals surface area contributed by atoms with Gasteiger partial charge in [-0.2, -0.15) is 0 Å². The van der Waals surface area contributed by atoms with Gasteiger partial charge in [-0.15, -0.1) is 11.3 Å². The summed E-state index contributed by atoms with van der Waals surface area (Å²) in [5.74, 6) is 0. The summed E-state index contributed by atoms with van der Waals surface area (Å²) in [6, 6.07) is 11.0. The van der Waals surface area contributed by atoms with Crippen molar-refractivity contribution in [2.45, 2.75) is 26.3 Å². The Morgan fingerprint density at radius 3 is 2.76 bits per heavy atom. The van der Waals surface area contributed by atoms with Crippen LogP contribution in [-0.4, -0.2) is 0 Å². The zero-order chi connectivity index (χ0) is 12.3. The molecule has 90 valence electrons. The van der Waals surface area contributed by atoms with Gasteiger partial charge in [0, 0.05) is 20.4 Å². The minimum absolute atomic E-state index is 0.346. The molecule has 0 aliphatic rings. The first-order valence-corrected chi connectivity index (χ1v) is 7.46. The normalized spacial score (nSPS) is 12.4. The summed E-state index contributed by atoms with van der Waals surface area (Å²) < 4.78 is 1.16. The second kappa shape index (κ2) is 5.69. The van der Waals surface area contributed by atoms with Crippen LogP contribution in [0, 0.1) is 0 Å². The van der Waals surface area contributed by atoms with Crippen molar-refractivity contribution in [1.82, 2.24) is 0 Å². The molecule has 1 atom stereocenters. The van der Waals surface area contributed by atoms with E-state index in [1.54, 1.807) is 11.3 Å². The number of hydrogen-bond acceptors (Lipinski definition) is 2. The van der Waals surface area contributed by atoms with Gasteiger partial charge in [-0.25, -0.2) is 0 Å². The molecule has 0 saturated heterocycles. The lowest BCUT2D eigenvalue weighted by Crippen LogP contribution is -2.06. The van der Waals surface area contributed by atoms with E-state index in [0.29, 0.717) is 6.04 Å². The first-order chi connectivity index (χ1) is 8.20. The molecule has 0 fully saturated rings. The topological polar surface area (TPSA) is 12.0 Å². The molecule has 1 aromatic carbocycles. The molecule has 2 rings (SSSR count). The summed E-state index contributed by atoms with van der Waals surface area (Å²) in [4.78, 5) is 1.35. The lowest BCUT2D eigenvalue weighted by Gasteiger charge is -2.16. The molecule has 0 aliphatic heterocycles. The van der Waals surface area contributed by atoms with Crippen LogP contribution >= 0.6 is 27.3 Å². The molecule has 1 nitrogen and oxygen atoms in total. The first kappa shape index (κ1) is 12.7. The van der Waals surface area contributed by atoms with Gasteiger partial charge in [0.1, 0.15) is 0 Å². The molecule has 0 bridgehead atoms. The van der Waals surface area contributed by atoms with Gasteiger partial charge in [-0.3, -0.25) is 0 Å². The van der Waals surface area contributed by atoms with E-state index in [9.17, 15) is 0 Å². The number of rotatable bonds is 4. The minimum Gasteiger partial charge on any atom is -0.377 e. The van der Waals surface area contributed by atoms with Crippen molar-refractivity contribution in [2.75, 3.05) is 5.32 Å². The van der Waals surface area contributed by atoms with Gasteiger partial charge in [0.15, 0.2) is 0 Å². The quantitative estimate of drug-likeness (QED) is 0.813. The number of aryl methyl sites for hydroxylation is 1. The van der Waals surface area contributed by atoms with E-state index in [4.69, 9.17) is 0 Å². The highest BCUT2D eigenvalue weighted by Crippen LogP contribution is 2.29. The van der Waals surface area contributed by atoms with Crippen LogP contribution in [0.5, 0.6) is 0 Å². The van der Waals surface area contributed by atoms with Crippen molar-refractivity contribution in [3.8, 4) is 0 Å². The maximum atomic E-state index is 3.58. The Hall–Kier alpha value is -0.800. The molecule has 1 N–H and O–H groups in total. The maximum absolute atomic E-state index is 3.58. The van der Waals surface area contributed by atoms with Crippen LogP contribution in [0.25, 0.3) is 0 Å². The largest absolute Gasteiger partial charge is 0.377 e. The van der Waals surface area contributed by atoms with E-state index < -0.39 is 0 Å². The van der Waals surface area contributed by atoms with Crippen molar-refractivity contribution >= 4 is 33.0 Å². The van der Waals surface area contributed by atoms with Gasteiger partial charge >= 0.3 is 0 Å². The fourth-order valence-corrected chi connectivity index (χ4v) is 3.28. The average Bonchev–Trinajstić information content (AvgIpc) is 2.77. The van der Waals surface area contributed by atoms with Crippen molar-refractivity contribution in [3.63, 3.8) is 0 Å². The number of para-hydroxylation sites is 1. The predicted molar refractivity (Wildman–Crippen MR) is 79.9 cm³/mol. The Bertz CT molecular complexity index is 492. The molecule has 0 radical (unpaired) electrons. The van der Waals surface area contributed by atoms with Crippen molar-refractivity contribution in [2.24, 2.45) is 0 Å². The zero-order valence-electron chi connectivity index (χ0n) is 10.0. The lowest BCUT2D eigenvalue weighted by atomic mass is 10.1. The number of anilines is 1. The van der Waals surface area contributed by atoms with Gasteiger partial charge < -0.3 is 5.32 Å². The summed E-state index contributed by atoms with van der Waals surface area (Å²) in [6.07, 6.45) is 1.06. The van der Waals surface area contributed by atoms with E-state index in [1.165, 1.54) is 16.1 Å². The third kappa shape index (κ3) is 3.11.